The van der Waals surface area contributed by atoms with Gasteiger partial charge in [0.1, 0.15) is 6.07 Å². The second kappa shape index (κ2) is 6.54. The highest BCUT2D eigenvalue weighted by Crippen LogP contribution is 2.36. The molecule has 4 rings (SSSR count). The third kappa shape index (κ3) is 3.27. The molecule has 1 aliphatic carbocycles. The van der Waals surface area contributed by atoms with Gasteiger partial charge in [-0.3, -0.25) is 4.90 Å². The smallest absolute Gasteiger partial charge is 0.101 e. The maximum atomic E-state index is 9.38. The van der Waals surface area contributed by atoms with Crippen molar-refractivity contribution in [1.29, 1.82) is 5.26 Å². The van der Waals surface area contributed by atoms with E-state index in [1.54, 1.807) is 0 Å². The van der Waals surface area contributed by atoms with Crippen molar-refractivity contribution in [3.8, 4) is 6.07 Å². The molecule has 3 heteroatoms. The minimum Gasteiger partial charge on any atom is -0.344 e. The molecule has 2 aromatic carbocycles. The lowest BCUT2D eigenvalue weighted by Gasteiger charge is -2.34. The van der Waals surface area contributed by atoms with Gasteiger partial charge in [-0.2, -0.15) is 5.26 Å². The van der Waals surface area contributed by atoms with E-state index in [2.05, 4.69) is 41.0 Å². The van der Waals surface area contributed by atoms with Crippen molar-refractivity contribution in [2.45, 2.75) is 32.2 Å². The van der Waals surface area contributed by atoms with Crippen molar-refractivity contribution < 1.29 is 0 Å². The maximum Gasteiger partial charge on any atom is 0.101 e. The van der Waals surface area contributed by atoms with Gasteiger partial charge < -0.3 is 4.90 Å². The highest BCUT2D eigenvalue weighted by atomic mass is 15.1. The fourth-order valence-corrected chi connectivity index (χ4v) is 4.01. The van der Waals surface area contributed by atoms with E-state index in [1.165, 1.54) is 37.1 Å². The van der Waals surface area contributed by atoms with E-state index in [1.807, 2.05) is 31.3 Å². The molecule has 0 saturated heterocycles. The fourth-order valence-electron chi connectivity index (χ4n) is 4.01. The molecule has 1 saturated carbocycles. The van der Waals surface area contributed by atoms with Crippen LogP contribution >= 0.6 is 0 Å². The molecule has 1 unspecified atom stereocenters. The minimum atomic E-state index is 0.591. The van der Waals surface area contributed by atoms with Gasteiger partial charge in [0.05, 0.1) is 11.3 Å². The predicted molar refractivity (Wildman–Crippen MR) is 102 cm³/mol. The molecule has 1 atom stereocenters. The average molecular weight is 331 g/mol. The Morgan fingerprint density at radius 3 is 2.76 bits per heavy atom. The molecule has 2 aliphatic rings. The van der Waals surface area contributed by atoms with Crippen molar-refractivity contribution in [3.63, 3.8) is 0 Å². The maximum absolute atomic E-state index is 9.38. The molecule has 0 aromatic heterocycles. The van der Waals surface area contributed by atoms with Gasteiger partial charge in [0.15, 0.2) is 0 Å². The van der Waals surface area contributed by atoms with E-state index < -0.39 is 0 Å². The topological polar surface area (TPSA) is 30.3 Å². The van der Waals surface area contributed by atoms with Crippen LogP contribution in [-0.4, -0.2) is 25.0 Å². The Morgan fingerprint density at radius 1 is 1.20 bits per heavy atom. The van der Waals surface area contributed by atoms with E-state index in [-0.39, 0.29) is 0 Å². The van der Waals surface area contributed by atoms with Crippen molar-refractivity contribution in [3.05, 3.63) is 59.2 Å². The Bertz CT molecular complexity index is 816. The molecule has 128 valence electrons. The highest BCUT2D eigenvalue weighted by Gasteiger charge is 2.29. The fraction of sp³-hybridized carbons (Fsp3) is 0.409. The number of nitrogens with zero attached hydrogens (tertiary/aromatic N) is 3. The van der Waals surface area contributed by atoms with Gasteiger partial charge in [-0.25, -0.2) is 0 Å². The van der Waals surface area contributed by atoms with Gasteiger partial charge in [-0.1, -0.05) is 25.1 Å². The van der Waals surface area contributed by atoms with Crippen LogP contribution in [-0.2, 0) is 6.54 Å². The lowest BCUT2D eigenvalue weighted by Crippen LogP contribution is -2.34. The highest BCUT2D eigenvalue weighted by molar-refractivity contribution is 5.69. The molecule has 1 aliphatic heterocycles. The van der Waals surface area contributed by atoms with E-state index in [4.69, 9.17) is 0 Å². The zero-order valence-electron chi connectivity index (χ0n) is 15.1. The molecule has 2 aromatic rings. The lowest BCUT2D eigenvalue weighted by atomic mass is 9.90. The van der Waals surface area contributed by atoms with Crippen LogP contribution in [0, 0.1) is 17.2 Å². The van der Waals surface area contributed by atoms with Gasteiger partial charge in [0, 0.05) is 32.4 Å². The van der Waals surface area contributed by atoms with Crippen molar-refractivity contribution in [2.24, 2.45) is 5.92 Å². The van der Waals surface area contributed by atoms with Crippen LogP contribution in [0.1, 0.15) is 42.4 Å². The summed E-state index contributed by atoms with van der Waals surface area (Å²) in [5, 5.41) is 9.38. The number of rotatable bonds is 4. The first-order valence-electron chi connectivity index (χ1n) is 9.23. The Labute approximate surface area is 150 Å². The Morgan fingerprint density at radius 2 is 2.00 bits per heavy atom. The van der Waals surface area contributed by atoms with Crippen LogP contribution in [0.15, 0.2) is 42.5 Å². The predicted octanol–water partition coefficient (Wildman–Crippen LogP) is 4.66. The van der Waals surface area contributed by atoms with Gasteiger partial charge in [0.2, 0.25) is 0 Å². The molecule has 0 spiro atoms. The average Bonchev–Trinajstić information content (AvgIpc) is 3.44. The summed E-state index contributed by atoms with van der Waals surface area (Å²) in [5.41, 5.74) is 5.76. The summed E-state index contributed by atoms with van der Waals surface area (Å²) < 4.78 is 0. The second-order valence-corrected chi connectivity index (χ2v) is 7.61. The number of hydrogen-bond acceptors (Lipinski definition) is 3. The summed E-state index contributed by atoms with van der Waals surface area (Å²) in [6, 6.07) is 16.9. The van der Waals surface area contributed by atoms with Crippen LogP contribution in [0.4, 0.5) is 11.4 Å². The first-order valence-corrected chi connectivity index (χ1v) is 9.23. The van der Waals surface area contributed by atoms with E-state index >= 15 is 0 Å². The molecule has 0 radical (unpaired) electrons. The summed E-state index contributed by atoms with van der Waals surface area (Å²) >= 11 is 0. The van der Waals surface area contributed by atoms with E-state index in [0.29, 0.717) is 11.5 Å². The van der Waals surface area contributed by atoms with E-state index in [9.17, 15) is 5.26 Å². The molecule has 0 amide bonds. The van der Waals surface area contributed by atoms with Crippen LogP contribution in [0.25, 0.3) is 0 Å². The molecule has 0 bridgehead atoms. The molecule has 1 fully saturated rings. The number of benzene rings is 2. The quantitative estimate of drug-likeness (QED) is 0.816. The third-order valence-electron chi connectivity index (χ3n) is 5.57. The lowest BCUT2D eigenvalue weighted by molar-refractivity contribution is 0.226. The zero-order chi connectivity index (χ0) is 17.4. The normalized spacial score (nSPS) is 20.0. The van der Waals surface area contributed by atoms with Crippen LogP contribution in [0.5, 0.6) is 0 Å². The van der Waals surface area contributed by atoms with Crippen molar-refractivity contribution in [1.82, 2.24) is 4.90 Å². The van der Waals surface area contributed by atoms with Crippen LogP contribution in [0.3, 0.4) is 0 Å². The number of anilines is 2. The summed E-state index contributed by atoms with van der Waals surface area (Å²) in [6.45, 7) is 5.82. The van der Waals surface area contributed by atoms with Gasteiger partial charge in [-0.15, -0.1) is 0 Å². The van der Waals surface area contributed by atoms with Crippen molar-refractivity contribution in [2.75, 3.05) is 25.0 Å². The summed E-state index contributed by atoms with van der Waals surface area (Å²) in [4.78, 5) is 4.75. The Kier molecular flexibility index (Phi) is 4.23. The standard InChI is InChI=1S/C22H25N3/c1-16-13-25(14-17-7-8-17)15-19-11-20(9-10-21(16)19)24(2)22-6-4-3-5-18(22)12-23/h3-6,9-11,16-17H,7-8,13-15H2,1-2H3. The molecule has 0 N–H and O–H groups in total. The molecule has 1 heterocycles. The van der Waals surface area contributed by atoms with E-state index in [0.717, 1.165) is 23.8 Å². The third-order valence-corrected chi connectivity index (χ3v) is 5.57. The molecular formula is C22H25N3. The number of fused-ring (bicyclic) bond motifs is 1. The van der Waals surface area contributed by atoms with Crippen LogP contribution in [0.2, 0.25) is 0 Å². The Balaban J connectivity index is 1.63. The van der Waals surface area contributed by atoms with Gasteiger partial charge in [-0.05, 0) is 60.1 Å². The second-order valence-electron chi connectivity index (χ2n) is 7.61. The zero-order valence-corrected chi connectivity index (χ0v) is 15.1. The summed E-state index contributed by atoms with van der Waals surface area (Å²) in [5.74, 6) is 1.52. The largest absolute Gasteiger partial charge is 0.344 e. The summed E-state index contributed by atoms with van der Waals surface area (Å²) in [6.07, 6.45) is 2.82. The first kappa shape index (κ1) is 16.2. The van der Waals surface area contributed by atoms with Gasteiger partial charge in [0.25, 0.3) is 0 Å². The monoisotopic (exact) mass is 331 g/mol. The SMILES string of the molecule is CC1CN(CC2CC2)Cc2cc(N(C)c3ccccc3C#N)ccc21. The van der Waals surface area contributed by atoms with Gasteiger partial charge >= 0.3 is 0 Å². The van der Waals surface area contributed by atoms with Crippen molar-refractivity contribution >= 4 is 11.4 Å². The molecular weight excluding hydrogens is 306 g/mol. The number of hydrogen-bond donors (Lipinski definition) is 0. The minimum absolute atomic E-state index is 0.591. The first-order chi connectivity index (χ1) is 12.2. The molecule has 25 heavy (non-hydrogen) atoms. The number of para-hydroxylation sites is 1. The molecule has 3 nitrogen and oxygen atoms in total. The summed E-state index contributed by atoms with van der Waals surface area (Å²) in [7, 11) is 2.05. The Hall–Kier alpha value is -2.31. The number of nitriles is 1. The van der Waals surface area contributed by atoms with Crippen LogP contribution < -0.4 is 4.90 Å².